The van der Waals surface area contributed by atoms with E-state index in [1.54, 1.807) is 6.08 Å². The van der Waals surface area contributed by atoms with Gasteiger partial charge in [0.2, 0.25) is 0 Å². The van der Waals surface area contributed by atoms with Gasteiger partial charge in [-0.3, -0.25) is 14.5 Å². The number of aryl methyl sites for hydroxylation is 3. The Morgan fingerprint density at radius 3 is 2.41 bits per heavy atom. The molecule has 1 aromatic heterocycles. The van der Waals surface area contributed by atoms with E-state index >= 15 is 0 Å². The lowest BCUT2D eigenvalue weighted by molar-refractivity contribution is -0.148. The van der Waals surface area contributed by atoms with Crippen molar-refractivity contribution in [2.45, 2.75) is 40.7 Å². The average Bonchev–Trinajstić information content (AvgIpc) is 3.11. The first kappa shape index (κ1) is 20.9. The Balaban J connectivity index is 1.98. The molecule has 6 nitrogen and oxygen atoms in total. The fraction of sp³-hybridized carbons (Fsp3) is 0.318. The number of carbonyl (C=O) groups is 3. The molecule has 1 fully saturated rings. The lowest BCUT2D eigenvalue weighted by atomic mass is 10.1. The van der Waals surface area contributed by atoms with Gasteiger partial charge in [-0.2, -0.15) is 0 Å². The predicted molar refractivity (Wildman–Crippen MR) is 114 cm³/mol. The number of amides is 2. The van der Waals surface area contributed by atoms with Crippen LogP contribution in [-0.2, 0) is 14.3 Å². The molecule has 1 saturated heterocycles. The number of imide groups is 1. The molecule has 0 N–H and O–H groups in total. The van der Waals surface area contributed by atoms with Crippen molar-refractivity contribution in [3.8, 4) is 5.69 Å². The van der Waals surface area contributed by atoms with Crippen LogP contribution in [0.1, 0.15) is 35.0 Å². The summed E-state index contributed by atoms with van der Waals surface area (Å²) >= 11 is 0.838. The molecule has 3 rings (SSSR count). The summed E-state index contributed by atoms with van der Waals surface area (Å²) in [6, 6.07) is 7.31. The third kappa shape index (κ3) is 3.74. The van der Waals surface area contributed by atoms with Gasteiger partial charge in [0, 0.05) is 17.1 Å². The number of esters is 1. The summed E-state index contributed by atoms with van der Waals surface area (Å²) in [6.07, 6.45) is 1.72. The SMILES string of the molecule is COC(=O)[C@H](C)N1C(=O)S/C(=C/c2cc(C)n(-c3ccc(C)c(C)c3)c2C)C1=O. The number of hydrogen-bond acceptors (Lipinski definition) is 5. The van der Waals surface area contributed by atoms with Crippen molar-refractivity contribution in [3.05, 3.63) is 57.2 Å². The molecule has 0 unspecified atom stereocenters. The Morgan fingerprint density at radius 2 is 1.79 bits per heavy atom. The highest BCUT2D eigenvalue weighted by atomic mass is 32.2. The van der Waals surface area contributed by atoms with Crippen molar-refractivity contribution in [1.82, 2.24) is 9.47 Å². The first-order chi connectivity index (χ1) is 13.6. The van der Waals surface area contributed by atoms with Gasteiger partial charge in [0.15, 0.2) is 0 Å². The molecule has 2 amide bonds. The highest BCUT2D eigenvalue weighted by Crippen LogP contribution is 2.35. The van der Waals surface area contributed by atoms with E-state index in [0.29, 0.717) is 4.91 Å². The van der Waals surface area contributed by atoms with Crippen LogP contribution >= 0.6 is 11.8 Å². The lowest BCUT2D eigenvalue weighted by Gasteiger charge is -2.18. The molecule has 7 heteroatoms. The van der Waals surface area contributed by atoms with Crippen molar-refractivity contribution < 1.29 is 19.1 Å². The predicted octanol–water partition coefficient (Wildman–Crippen LogP) is 4.31. The van der Waals surface area contributed by atoms with E-state index in [9.17, 15) is 14.4 Å². The average molecular weight is 413 g/mol. The van der Waals surface area contributed by atoms with Crippen LogP contribution in [0.3, 0.4) is 0 Å². The van der Waals surface area contributed by atoms with E-state index < -0.39 is 23.2 Å². The molecule has 1 aliphatic rings. The summed E-state index contributed by atoms with van der Waals surface area (Å²) in [5, 5.41) is -0.470. The Morgan fingerprint density at radius 1 is 1.10 bits per heavy atom. The number of methoxy groups -OCH3 is 1. The third-order valence-corrected chi connectivity index (χ3v) is 6.14. The van der Waals surface area contributed by atoms with Gasteiger partial charge in [0.05, 0.1) is 12.0 Å². The maximum Gasteiger partial charge on any atom is 0.328 e. The molecule has 0 spiro atoms. The van der Waals surface area contributed by atoms with E-state index in [2.05, 4.69) is 41.4 Å². The number of thioether (sulfide) groups is 1. The van der Waals surface area contributed by atoms with E-state index in [0.717, 1.165) is 39.3 Å². The topological polar surface area (TPSA) is 68.6 Å². The van der Waals surface area contributed by atoms with Crippen LogP contribution in [-0.4, -0.2) is 39.7 Å². The first-order valence-corrected chi connectivity index (χ1v) is 10.1. The van der Waals surface area contributed by atoms with E-state index in [4.69, 9.17) is 0 Å². The van der Waals surface area contributed by atoms with Crippen molar-refractivity contribution in [2.24, 2.45) is 0 Å². The first-order valence-electron chi connectivity index (χ1n) is 9.27. The molecule has 1 atom stereocenters. The van der Waals surface area contributed by atoms with Crippen LogP contribution in [0.5, 0.6) is 0 Å². The molecule has 2 heterocycles. The molecule has 1 aliphatic heterocycles. The Bertz CT molecular complexity index is 1050. The van der Waals surface area contributed by atoms with Crippen molar-refractivity contribution in [1.29, 1.82) is 0 Å². The Kier molecular flexibility index (Phi) is 5.71. The monoisotopic (exact) mass is 412 g/mol. The van der Waals surface area contributed by atoms with Crippen LogP contribution in [0, 0.1) is 27.7 Å². The summed E-state index contributed by atoms with van der Waals surface area (Å²) in [7, 11) is 1.23. The number of rotatable bonds is 4. The van der Waals surface area contributed by atoms with Crippen LogP contribution in [0.25, 0.3) is 11.8 Å². The molecule has 29 heavy (non-hydrogen) atoms. The van der Waals surface area contributed by atoms with Gasteiger partial charge < -0.3 is 9.30 Å². The van der Waals surface area contributed by atoms with Crippen LogP contribution in [0.4, 0.5) is 4.79 Å². The van der Waals surface area contributed by atoms with Gasteiger partial charge in [0.25, 0.3) is 11.1 Å². The largest absolute Gasteiger partial charge is 0.467 e. The summed E-state index contributed by atoms with van der Waals surface area (Å²) < 4.78 is 6.79. The zero-order chi connectivity index (χ0) is 21.5. The molecule has 0 saturated carbocycles. The zero-order valence-electron chi connectivity index (χ0n) is 17.4. The second-order valence-electron chi connectivity index (χ2n) is 7.18. The molecule has 2 aromatic rings. The standard InChI is InChI=1S/C22H24N2O4S/c1-12-7-8-18(9-13(12)2)23-14(3)10-17(15(23)4)11-19-20(25)24(22(27)29-19)16(5)21(26)28-6/h7-11,16H,1-6H3/b19-11+/t16-/m0/s1. The van der Waals surface area contributed by atoms with Crippen LogP contribution in [0.15, 0.2) is 29.2 Å². The van der Waals surface area contributed by atoms with Crippen molar-refractivity contribution >= 4 is 35.0 Å². The maximum absolute atomic E-state index is 12.7. The highest BCUT2D eigenvalue weighted by Gasteiger charge is 2.41. The fourth-order valence-corrected chi connectivity index (χ4v) is 4.33. The lowest BCUT2D eigenvalue weighted by Crippen LogP contribution is -2.42. The molecular formula is C22H24N2O4S. The van der Waals surface area contributed by atoms with Gasteiger partial charge >= 0.3 is 5.97 Å². The molecular weight excluding hydrogens is 388 g/mol. The summed E-state index contributed by atoms with van der Waals surface area (Å²) in [4.78, 5) is 38.1. The van der Waals surface area contributed by atoms with Crippen LogP contribution < -0.4 is 0 Å². The van der Waals surface area contributed by atoms with Crippen molar-refractivity contribution in [2.75, 3.05) is 7.11 Å². The highest BCUT2D eigenvalue weighted by molar-refractivity contribution is 8.18. The Labute approximate surface area is 174 Å². The molecule has 152 valence electrons. The second kappa shape index (κ2) is 7.91. The molecule has 1 aromatic carbocycles. The normalized spacial score (nSPS) is 16.6. The van der Waals surface area contributed by atoms with Gasteiger partial charge in [-0.25, -0.2) is 4.79 Å². The summed E-state index contributed by atoms with van der Waals surface area (Å²) in [6.45, 7) is 9.62. The number of nitrogens with zero attached hydrogens (tertiary/aromatic N) is 2. The fourth-order valence-electron chi connectivity index (χ4n) is 3.43. The number of aromatic nitrogens is 1. The van der Waals surface area contributed by atoms with E-state index in [-0.39, 0.29) is 0 Å². The van der Waals surface area contributed by atoms with Crippen molar-refractivity contribution in [3.63, 3.8) is 0 Å². The van der Waals surface area contributed by atoms with E-state index in [1.165, 1.54) is 25.2 Å². The number of hydrogen-bond donors (Lipinski definition) is 0. The summed E-state index contributed by atoms with van der Waals surface area (Å²) in [5.74, 6) is -1.10. The molecule has 0 radical (unpaired) electrons. The number of carbonyl (C=O) groups excluding carboxylic acids is 3. The van der Waals surface area contributed by atoms with Gasteiger partial charge in [-0.05, 0) is 87.3 Å². The Hall–Kier alpha value is -2.80. The minimum Gasteiger partial charge on any atom is -0.467 e. The summed E-state index contributed by atoms with van der Waals surface area (Å²) in [5.41, 5.74) is 6.34. The quantitative estimate of drug-likeness (QED) is 0.553. The third-order valence-electron chi connectivity index (χ3n) is 5.26. The second-order valence-corrected chi connectivity index (χ2v) is 8.17. The van der Waals surface area contributed by atoms with Gasteiger partial charge in [-0.15, -0.1) is 0 Å². The smallest absolute Gasteiger partial charge is 0.328 e. The molecule has 0 aliphatic carbocycles. The number of benzene rings is 1. The minimum absolute atomic E-state index is 0.297. The van der Waals surface area contributed by atoms with Crippen LogP contribution in [0.2, 0.25) is 0 Å². The maximum atomic E-state index is 12.7. The minimum atomic E-state index is -0.957. The van der Waals surface area contributed by atoms with E-state index in [1.807, 2.05) is 19.9 Å². The van der Waals surface area contributed by atoms with Gasteiger partial charge in [-0.1, -0.05) is 6.07 Å². The van der Waals surface area contributed by atoms with Gasteiger partial charge in [0.1, 0.15) is 6.04 Å². The molecule has 0 bridgehead atoms. The zero-order valence-corrected chi connectivity index (χ0v) is 18.2. The number of ether oxygens (including phenoxy) is 1.